The van der Waals surface area contributed by atoms with Crippen molar-refractivity contribution in [3.63, 3.8) is 0 Å². The van der Waals surface area contributed by atoms with Gasteiger partial charge in [0.15, 0.2) is 0 Å². The second-order valence-electron chi connectivity index (χ2n) is 11.5. The summed E-state index contributed by atoms with van der Waals surface area (Å²) >= 11 is 0. The van der Waals surface area contributed by atoms with Gasteiger partial charge in [0, 0.05) is 53.4 Å². The molecule has 0 unspecified atom stereocenters. The van der Waals surface area contributed by atoms with Gasteiger partial charge in [0.2, 0.25) is 6.29 Å². The quantitative estimate of drug-likeness (QED) is 0.212. The summed E-state index contributed by atoms with van der Waals surface area (Å²) in [6.07, 6.45) is 29.2. The van der Waals surface area contributed by atoms with Gasteiger partial charge in [-0.2, -0.15) is 15.3 Å². The summed E-state index contributed by atoms with van der Waals surface area (Å²) in [5.41, 5.74) is 3.72. The minimum Gasteiger partial charge on any atom is -0.227 e. The first-order valence-electron chi connectivity index (χ1n) is 15.2. The Morgan fingerprint density at radius 2 is 0.821 bits per heavy atom. The molecule has 3 aliphatic carbocycles. The molecule has 211 valence electrons. The van der Waals surface area contributed by atoms with Crippen molar-refractivity contribution in [1.82, 2.24) is 29.3 Å². The van der Waals surface area contributed by atoms with Crippen LogP contribution in [0.25, 0.3) is 0 Å². The fourth-order valence-electron chi connectivity index (χ4n) is 6.66. The molecule has 1 radical (unpaired) electrons. The second-order valence-corrected chi connectivity index (χ2v) is 11.5. The number of rotatable bonds is 7. The molecule has 0 aliphatic heterocycles. The molecule has 0 spiro atoms. The van der Waals surface area contributed by atoms with Gasteiger partial charge in [0.25, 0.3) is 0 Å². The molecule has 0 bridgehead atoms. The molecule has 0 amide bonds. The van der Waals surface area contributed by atoms with Gasteiger partial charge < -0.3 is 0 Å². The first-order valence-corrected chi connectivity index (χ1v) is 15.2. The van der Waals surface area contributed by atoms with Crippen molar-refractivity contribution in [1.29, 1.82) is 0 Å². The SMILES string of the molecule is C=CC=C.[Mn].c1cn(C(n2ccc(C3CCCCC3)n2)n2ccc(C3CCCCC3)n2)nc1C1CCCCC1. The molecule has 3 fully saturated rings. The first kappa shape index (κ1) is 29.6. The summed E-state index contributed by atoms with van der Waals surface area (Å²) < 4.78 is 6.29. The van der Waals surface area contributed by atoms with Gasteiger partial charge in [-0.1, -0.05) is 83.1 Å². The largest absolute Gasteiger partial charge is 0.238 e. The predicted molar refractivity (Wildman–Crippen MR) is 154 cm³/mol. The maximum atomic E-state index is 5.13. The maximum absolute atomic E-state index is 5.13. The van der Waals surface area contributed by atoms with Crippen molar-refractivity contribution in [2.24, 2.45) is 0 Å². The Kier molecular flexibility index (Phi) is 11.3. The van der Waals surface area contributed by atoms with Gasteiger partial charge in [-0.3, -0.25) is 0 Å². The van der Waals surface area contributed by atoms with E-state index in [1.807, 2.05) is 0 Å². The molecule has 3 saturated carbocycles. The van der Waals surface area contributed by atoms with Gasteiger partial charge in [-0.05, 0) is 56.7 Å². The summed E-state index contributed by atoms with van der Waals surface area (Å²) in [6, 6.07) is 6.71. The van der Waals surface area contributed by atoms with Gasteiger partial charge in [-0.15, -0.1) is 0 Å². The summed E-state index contributed by atoms with van der Waals surface area (Å²) in [7, 11) is 0. The number of hydrogen-bond donors (Lipinski definition) is 0. The zero-order valence-corrected chi connectivity index (χ0v) is 24.7. The van der Waals surface area contributed by atoms with E-state index in [1.54, 1.807) is 12.2 Å². The zero-order valence-electron chi connectivity index (χ0n) is 23.5. The van der Waals surface area contributed by atoms with Crippen LogP contribution in [-0.2, 0) is 17.1 Å². The van der Waals surface area contributed by atoms with Gasteiger partial charge in [0.1, 0.15) is 0 Å². The second kappa shape index (κ2) is 14.9. The van der Waals surface area contributed by atoms with Crippen LogP contribution in [0.15, 0.2) is 62.1 Å². The number of allylic oxidation sites excluding steroid dienone is 2. The normalized spacial score (nSPS) is 19.2. The third-order valence-electron chi connectivity index (χ3n) is 8.83. The average Bonchev–Trinajstić information content (AvgIpc) is 3.77. The molecule has 0 N–H and O–H groups in total. The Bertz CT molecular complexity index is 1000. The standard InChI is InChI=1S/C28H40N6.C4H6.Mn/c1-4-10-22(11-5-1)25-16-19-32(29-25)28(33-20-17-26(30-33)23-12-6-2-7-13-23)34-21-18-27(31-34)24-14-8-3-9-15-24;1-3-4-2;/h16-24,28H,1-15H2;3-4H,1-2H2;. The molecular weight excluding hydrogens is 523 g/mol. The van der Waals surface area contributed by atoms with Gasteiger partial charge in [0.05, 0.1) is 17.1 Å². The molecule has 39 heavy (non-hydrogen) atoms. The summed E-state index contributed by atoms with van der Waals surface area (Å²) in [6.45, 7) is 6.72. The van der Waals surface area contributed by atoms with Crippen LogP contribution < -0.4 is 0 Å². The Morgan fingerprint density at radius 1 is 0.538 bits per heavy atom. The Balaban J connectivity index is 0.000000662. The van der Waals surface area contributed by atoms with Gasteiger partial charge in [-0.25, -0.2) is 14.0 Å². The molecule has 0 aromatic carbocycles. The maximum Gasteiger partial charge on any atom is 0.238 e. The third-order valence-corrected chi connectivity index (χ3v) is 8.83. The minimum absolute atomic E-state index is 0. The number of nitrogens with zero attached hydrogens (tertiary/aromatic N) is 6. The van der Waals surface area contributed by atoms with Gasteiger partial charge >= 0.3 is 0 Å². The van der Waals surface area contributed by atoms with Crippen molar-refractivity contribution in [2.75, 3.05) is 0 Å². The Hall–Kier alpha value is -2.37. The first-order chi connectivity index (χ1) is 18.8. The smallest absolute Gasteiger partial charge is 0.227 e. The van der Waals surface area contributed by atoms with E-state index < -0.39 is 0 Å². The van der Waals surface area contributed by atoms with E-state index in [0.717, 1.165) is 0 Å². The molecule has 3 heterocycles. The summed E-state index contributed by atoms with van der Waals surface area (Å²) in [4.78, 5) is 0. The molecule has 0 atom stereocenters. The van der Waals surface area contributed by atoms with Crippen LogP contribution in [0.5, 0.6) is 0 Å². The van der Waals surface area contributed by atoms with Crippen LogP contribution in [0.2, 0.25) is 0 Å². The Morgan fingerprint density at radius 3 is 1.08 bits per heavy atom. The van der Waals surface area contributed by atoms with E-state index in [1.165, 1.54) is 113 Å². The predicted octanol–water partition coefficient (Wildman–Crippen LogP) is 8.33. The molecule has 3 aliphatic rings. The van der Waals surface area contributed by atoms with Crippen molar-refractivity contribution in [3.8, 4) is 0 Å². The average molecular weight is 570 g/mol. The van der Waals surface area contributed by atoms with E-state index in [4.69, 9.17) is 15.3 Å². The topological polar surface area (TPSA) is 53.5 Å². The number of hydrogen-bond acceptors (Lipinski definition) is 3. The molecule has 0 saturated heterocycles. The van der Waals surface area contributed by atoms with Crippen LogP contribution in [0.3, 0.4) is 0 Å². The Labute approximate surface area is 245 Å². The molecule has 6 nitrogen and oxygen atoms in total. The van der Waals surface area contributed by atoms with E-state index in [0.29, 0.717) is 17.8 Å². The van der Waals surface area contributed by atoms with Crippen LogP contribution in [0, 0.1) is 0 Å². The zero-order chi connectivity index (χ0) is 26.2. The van der Waals surface area contributed by atoms with Crippen molar-refractivity contribution in [2.45, 2.75) is 120 Å². The van der Waals surface area contributed by atoms with E-state index in [-0.39, 0.29) is 23.4 Å². The minimum atomic E-state index is -0.188. The van der Waals surface area contributed by atoms with E-state index >= 15 is 0 Å². The summed E-state index contributed by atoms with van der Waals surface area (Å²) in [5, 5.41) is 15.4. The number of aromatic nitrogens is 6. The van der Waals surface area contributed by atoms with Crippen LogP contribution in [-0.4, -0.2) is 29.3 Å². The van der Waals surface area contributed by atoms with Crippen LogP contribution >= 0.6 is 0 Å². The van der Waals surface area contributed by atoms with Crippen molar-refractivity contribution >= 4 is 0 Å². The molecule has 3 aromatic rings. The molecular formula is C32H46MnN6. The van der Waals surface area contributed by atoms with E-state index in [9.17, 15) is 0 Å². The summed E-state index contributed by atoms with van der Waals surface area (Å²) in [5.74, 6) is 1.80. The molecule has 6 rings (SSSR count). The fraction of sp³-hybridized carbons (Fsp3) is 0.594. The van der Waals surface area contributed by atoms with Crippen LogP contribution in [0.4, 0.5) is 0 Å². The van der Waals surface area contributed by atoms with Crippen molar-refractivity contribution < 1.29 is 17.1 Å². The third kappa shape index (κ3) is 7.43. The molecule has 7 heteroatoms. The molecule has 3 aromatic heterocycles. The monoisotopic (exact) mass is 569 g/mol. The fourth-order valence-corrected chi connectivity index (χ4v) is 6.66. The van der Waals surface area contributed by atoms with Crippen molar-refractivity contribution in [3.05, 3.63) is 79.2 Å². The van der Waals surface area contributed by atoms with E-state index in [2.05, 4.69) is 64.0 Å². The van der Waals surface area contributed by atoms with Crippen LogP contribution in [0.1, 0.15) is 137 Å².